The highest BCUT2D eigenvalue weighted by molar-refractivity contribution is 5.75. The molecule has 0 aromatic heterocycles. The first kappa shape index (κ1) is 14.3. The number of ketones is 1. The van der Waals surface area contributed by atoms with Gasteiger partial charge in [0.05, 0.1) is 4.92 Å². The second-order valence-corrected chi connectivity index (χ2v) is 3.13. The number of Topliss-reactive ketones (excluding diaryl/α,β-unsaturated/α-hetero) is 1. The molecule has 0 N–H and O–H groups in total. The van der Waals surface area contributed by atoms with Crippen molar-refractivity contribution < 1.29 is 9.72 Å². The maximum Gasteiger partial charge on any atom is 0.269 e. The summed E-state index contributed by atoms with van der Waals surface area (Å²) in [5.41, 5.74) is 1.03. The van der Waals surface area contributed by atoms with Gasteiger partial charge in [0, 0.05) is 18.6 Å². The van der Waals surface area contributed by atoms with Gasteiger partial charge in [-0.2, -0.15) is 0 Å². The first-order valence-electron chi connectivity index (χ1n) is 5.32. The first-order valence-corrected chi connectivity index (χ1v) is 5.32. The van der Waals surface area contributed by atoms with E-state index in [9.17, 15) is 14.9 Å². The number of non-ortho nitro benzene ring substituents is 1. The molecule has 0 saturated heterocycles. The normalized spacial score (nSPS) is 8.94. The van der Waals surface area contributed by atoms with Gasteiger partial charge in [-0.15, -0.1) is 0 Å². The zero-order valence-corrected chi connectivity index (χ0v) is 9.90. The number of rotatable bonds is 4. The Morgan fingerprint density at radius 1 is 1.25 bits per heavy atom. The van der Waals surface area contributed by atoms with Crippen molar-refractivity contribution in [1.29, 1.82) is 0 Å². The van der Waals surface area contributed by atoms with Crippen LogP contribution in [0.25, 0.3) is 0 Å². The fourth-order valence-electron chi connectivity index (χ4n) is 1.10. The fourth-order valence-corrected chi connectivity index (χ4v) is 1.10. The van der Waals surface area contributed by atoms with E-state index in [0.717, 1.165) is 5.56 Å². The number of benzene rings is 1. The summed E-state index contributed by atoms with van der Waals surface area (Å²) in [5.74, 6) is 0.128. The molecule has 0 radical (unpaired) electrons. The molecule has 0 saturated carbocycles. The van der Waals surface area contributed by atoms with Crippen LogP contribution in [-0.4, -0.2) is 10.7 Å². The molecule has 0 aliphatic carbocycles. The minimum atomic E-state index is -0.436. The van der Waals surface area contributed by atoms with Gasteiger partial charge in [-0.1, -0.05) is 26.0 Å². The summed E-state index contributed by atoms with van der Waals surface area (Å²) < 4.78 is 0. The smallest absolute Gasteiger partial charge is 0.269 e. The Balaban J connectivity index is 0.00000106. The van der Waals surface area contributed by atoms with E-state index in [-0.39, 0.29) is 11.5 Å². The highest BCUT2D eigenvalue weighted by Crippen LogP contribution is 2.12. The molecule has 1 aromatic carbocycles. The highest BCUT2D eigenvalue weighted by Gasteiger charge is 2.03. The minimum Gasteiger partial charge on any atom is -0.300 e. The topological polar surface area (TPSA) is 60.2 Å². The molecule has 16 heavy (non-hydrogen) atoms. The van der Waals surface area contributed by atoms with E-state index in [2.05, 4.69) is 0 Å². The highest BCUT2D eigenvalue weighted by atomic mass is 16.6. The van der Waals surface area contributed by atoms with Crippen LogP contribution >= 0.6 is 0 Å². The van der Waals surface area contributed by atoms with Gasteiger partial charge in [-0.05, 0) is 18.9 Å². The summed E-state index contributed by atoms with van der Waals surface area (Å²) in [5, 5.41) is 10.3. The minimum absolute atomic E-state index is 0.0802. The monoisotopic (exact) mass is 223 g/mol. The molecule has 0 unspecified atom stereocenters. The van der Waals surface area contributed by atoms with Gasteiger partial charge in [0.2, 0.25) is 0 Å². The molecular formula is C12H17NO3. The Hall–Kier alpha value is -1.71. The van der Waals surface area contributed by atoms with Gasteiger partial charge in [-0.3, -0.25) is 10.1 Å². The van der Waals surface area contributed by atoms with E-state index in [1.165, 1.54) is 19.1 Å². The number of hydrogen-bond acceptors (Lipinski definition) is 3. The van der Waals surface area contributed by atoms with Gasteiger partial charge in [0.15, 0.2) is 0 Å². The molecule has 0 aliphatic heterocycles. The van der Waals surface area contributed by atoms with Crippen molar-refractivity contribution in [3.63, 3.8) is 0 Å². The number of nitro groups is 1. The van der Waals surface area contributed by atoms with Crippen LogP contribution in [0.5, 0.6) is 0 Å². The zero-order valence-electron chi connectivity index (χ0n) is 9.90. The summed E-state index contributed by atoms with van der Waals surface area (Å²) in [4.78, 5) is 20.6. The van der Waals surface area contributed by atoms with Crippen LogP contribution in [0.1, 0.15) is 32.8 Å². The number of nitrogens with zero attached hydrogens (tertiary/aromatic N) is 1. The summed E-state index contributed by atoms with van der Waals surface area (Å²) in [6, 6.07) is 6.27. The SMILES string of the molecule is CC.CC(=O)CCc1ccc([N+](=O)[O-])cc1. The predicted octanol–water partition coefficient (Wildman–Crippen LogP) is 3.14. The van der Waals surface area contributed by atoms with E-state index < -0.39 is 4.92 Å². The average Bonchev–Trinajstić information content (AvgIpc) is 2.29. The van der Waals surface area contributed by atoms with Crippen LogP contribution in [0.2, 0.25) is 0 Å². The molecule has 0 fully saturated rings. The number of aryl methyl sites for hydroxylation is 1. The number of carbonyl (C=O) groups excluding carboxylic acids is 1. The van der Waals surface area contributed by atoms with Crippen LogP contribution < -0.4 is 0 Å². The number of hydrogen-bond donors (Lipinski definition) is 0. The van der Waals surface area contributed by atoms with Gasteiger partial charge >= 0.3 is 0 Å². The first-order chi connectivity index (χ1) is 7.59. The van der Waals surface area contributed by atoms with Crippen LogP contribution in [0.4, 0.5) is 5.69 Å². The number of nitro benzene ring substituents is 1. The van der Waals surface area contributed by atoms with E-state index in [1.807, 2.05) is 13.8 Å². The Bertz CT molecular complexity index is 344. The standard InChI is InChI=1S/C10H11NO3.C2H6/c1-8(12)2-3-9-4-6-10(7-5-9)11(13)14;1-2/h4-7H,2-3H2,1H3;1-2H3. The molecule has 0 heterocycles. The van der Waals surface area contributed by atoms with Crippen LogP contribution in [0, 0.1) is 10.1 Å². The zero-order chi connectivity index (χ0) is 12.6. The summed E-state index contributed by atoms with van der Waals surface area (Å²) in [6.07, 6.45) is 1.13. The van der Waals surface area contributed by atoms with Crippen molar-refractivity contribution in [2.75, 3.05) is 0 Å². The maximum absolute atomic E-state index is 10.7. The third-order valence-electron chi connectivity index (χ3n) is 1.91. The molecule has 0 spiro atoms. The lowest BCUT2D eigenvalue weighted by atomic mass is 10.1. The molecule has 1 aromatic rings. The molecular weight excluding hydrogens is 206 g/mol. The second kappa shape index (κ2) is 7.56. The third kappa shape index (κ3) is 5.24. The van der Waals surface area contributed by atoms with E-state index in [1.54, 1.807) is 12.1 Å². The summed E-state index contributed by atoms with van der Waals surface area (Å²) in [7, 11) is 0. The lowest BCUT2D eigenvalue weighted by molar-refractivity contribution is -0.384. The Labute approximate surface area is 95.4 Å². The molecule has 0 bridgehead atoms. The molecule has 1 rings (SSSR count). The Kier molecular flexibility index (Phi) is 6.76. The lowest BCUT2D eigenvalue weighted by Gasteiger charge is -1.97. The van der Waals surface area contributed by atoms with Crippen molar-refractivity contribution in [3.05, 3.63) is 39.9 Å². The van der Waals surface area contributed by atoms with Crippen molar-refractivity contribution in [3.8, 4) is 0 Å². The van der Waals surface area contributed by atoms with Gasteiger partial charge in [0.1, 0.15) is 5.78 Å². The largest absolute Gasteiger partial charge is 0.300 e. The quantitative estimate of drug-likeness (QED) is 0.582. The lowest BCUT2D eigenvalue weighted by Crippen LogP contribution is -1.94. The maximum atomic E-state index is 10.7. The van der Waals surface area contributed by atoms with Crippen molar-refractivity contribution >= 4 is 11.5 Å². The van der Waals surface area contributed by atoms with E-state index >= 15 is 0 Å². The molecule has 0 amide bonds. The van der Waals surface area contributed by atoms with Crippen LogP contribution in [0.15, 0.2) is 24.3 Å². The average molecular weight is 223 g/mol. The van der Waals surface area contributed by atoms with E-state index in [0.29, 0.717) is 12.8 Å². The van der Waals surface area contributed by atoms with Gasteiger partial charge in [-0.25, -0.2) is 0 Å². The molecule has 4 heteroatoms. The van der Waals surface area contributed by atoms with Crippen molar-refractivity contribution in [2.45, 2.75) is 33.6 Å². The van der Waals surface area contributed by atoms with Crippen molar-refractivity contribution in [1.82, 2.24) is 0 Å². The van der Waals surface area contributed by atoms with Gasteiger partial charge in [0.25, 0.3) is 5.69 Å². The van der Waals surface area contributed by atoms with Gasteiger partial charge < -0.3 is 4.79 Å². The molecule has 0 aliphatic rings. The third-order valence-corrected chi connectivity index (χ3v) is 1.91. The predicted molar refractivity (Wildman–Crippen MR) is 63.4 cm³/mol. The summed E-state index contributed by atoms with van der Waals surface area (Å²) >= 11 is 0. The summed E-state index contributed by atoms with van der Waals surface area (Å²) in [6.45, 7) is 5.53. The van der Waals surface area contributed by atoms with Crippen molar-refractivity contribution in [2.24, 2.45) is 0 Å². The molecule has 0 atom stereocenters. The Morgan fingerprint density at radius 3 is 2.12 bits per heavy atom. The van der Waals surface area contributed by atoms with Crippen LogP contribution in [-0.2, 0) is 11.2 Å². The van der Waals surface area contributed by atoms with E-state index in [4.69, 9.17) is 0 Å². The number of carbonyl (C=O) groups is 1. The molecule has 88 valence electrons. The Morgan fingerprint density at radius 2 is 1.75 bits per heavy atom. The molecule has 4 nitrogen and oxygen atoms in total. The van der Waals surface area contributed by atoms with Crippen LogP contribution in [0.3, 0.4) is 0 Å². The second-order valence-electron chi connectivity index (χ2n) is 3.13. The fraction of sp³-hybridized carbons (Fsp3) is 0.417.